The first kappa shape index (κ1) is 15.4. The second-order valence-corrected chi connectivity index (χ2v) is 9.58. The Morgan fingerprint density at radius 2 is 1.50 bits per heavy atom. The van der Waals surface area contributed by atoms with Gasteiger partial charge in [0.15, 0.2) is 0 Å². The van der Waals surface area contributed by atoms with Gasteiger partial charge >= 0.3 is 0 Å². The lowest BCUT2D eigenvalue weighted by Crippen LogP contribution is -2.50. The van der Waals surface area contributed by atoms with Gasteiger partial charge in [0.1, 0.15) is 0 Å². The lowest BCUT2D eigenvalue weighted by atomic mass is 9.50. The van der Waals surface area contributed by atoms with Crippen LogP contribution in [0, 0.1) is 34.5 Å². The minimum atomic E-state index is -0.0570. The van der Waals surface area contributed by atoms with Gasteiger partial charge in [0, 0.05) is 0 Å². The van der Waals surface area contributed by atoms with Gasteiger partial charge in [-0.05, 0) is 92.3 Å². The highest BCUT2D eigenvalue weighted by molar-refractivity contribution is 5.08. The first-order chi connectivity index (χ1) is 10.4. The average Bonchev–Trinajstić information content (AvgIpc) is 2.70. The zero-order chi connectivity index (χ0) is 15.5. The summed E-state index contributed by atoms with van der Waals surface area (Å²) < 4.78 is 0. The van der Waals surface area contributed by atoms with Crippen molar-refractivity contribution in [2.24, 2.45) is 34.5 Å². The first-order valence-corrected chi connectivity index (χ1v) is 9.81. The molecule has 126 valence electrons. The van der Waals surface area contributed by atoms with E-state index in [0.29, 0.717) is 5.41 Å². The van der Waals surface area contributed by atoms with Gasteiger partial charge in [-0.2, -0.15) is 0 Å². The summed E-state index contributed by atoms with van der Waals surface area (Å²) in [6.07, 6.45) is 12.1. The highest BCUT2D eigenvalue weighted by Gasteiger charge is 2.58. The van der Waals surface area contributed by atoms with E-state index in [1.54, 1.807) is 0 Å². The molecule has 0 aliphatic heterocycles. The monoisotopic (exact) mass is 306 g/mol. The van der Waals surface area contributed by atoms with E-state index in [2.05, 4.69) is 13.8 Å². The summed E-state index contributed by atoms with van der Waals surface area (Å²) in [5.41, 5.74) is 0.654. The molecule has 2 heteroatoms. The molecule has 4 aliphatic carbocycles. The highest BCUT2D eigenvalue weighted by Crippen LogP contribution is 2.64. The van der Waals surface area contributed by atoms with Crippen LogP contribution in [0.25, 0.3) is 0 Å². The fourth-order valence-electron chi connectivity index (χ4n) is 7.41. The molecule has 0 aromatic rings. The van der Waals surface area contributed by atoms with Gasteiger partial charge in [-0.25, -0.2) is 0 Å². The number of aliphatic hydroxyl groups is 2. The fourth-order valence-corrected chi connectivity index (χ4v) is 7.41. The maximum Gasteiger partial charge on any atom is 0.0596 e. The topological polar surface area (TPSA) is 40.5 Å². The smallest absolute Gasteiger partial charge is 0.0596 e. The third kappa shape index (κ3) is 2.05. The van der Waals surface area contributed by atoms with Crippen molar-refractivity contribution in [3.8, 4) is 0 Å². The maximum atomic E-state index is 10.5. The summed E-state index contributed by atoms with van der Waals surface area (Å²) in [5.74, 6) is 3.17. The molecule has 4 fully saturated rings. The molecule has 0 amide bonds. The van der Waals surface area contributed by atoms with E-state index in [1.165, 1.54) is 44.9 Å². The van der Waals surface area contributed by atoms with E-state index < -0.39 is 0 Å². The van der Waals surface area contributed by atoms with Crippen LogP contribution in [0.1, 0.15) is 78.1 Å². The van der Waals surface area contributed by atoms with Gasteiger partial charge in [0.2, 0.25) is 0 Å². The predicted octanol–water partition coefficient (Wildman–Crippen LogP) is 4.14. The summed E-state index contributed by atoms with van der Waals surface area (Å²) in [6.45, 7) is 4.93. The van der Waals surface area contributed by atoms with Gasteiger partial charge in [-0.15, -0.1) is 0 Å². The van der Waals surface area contributed by atoms with Crippen molar-refractivity contribution >= 4 is 0 Å². The predicted molar refractivity (Wildman–Crippen MR) is 88.4 cm³/mol. The van der Waals surface area contributed by atoms with E-state index >= 15 is 0 Å². The Balaban J connectivity index is 1.65. The highest BCUT2D eigenvalue weighted by atomic mass is 16.3. The Hall–Kier alpha value is -0.0800. The van der Waals surface area contributed by atoms with Gasteiger partial charge < -0.3 is 10.2 Å². The molecule has 4 saturated carbocycles. The van der Waals surface area contributed by atoms with Crippen LogP contribution in [0.3, 0.4) is 0 Å². The average molecular weight is 306 g/mol. The van der Waals surface area contributed by atoms with Crippen LogP contribution < -0.4 is 0 Å². The zero-order valence-electron chi connectivity index (χ0n) is 14.4. The Morgan fingerprint density at radius 1 is 0.773 bits per heavy atom. The molecule has 22 heavy (non-hydrogen) atoms. The Labute approximate surface area is 135 Å². The second-order valence-electron chi connectivity index (χ2n) is 9.58. The molecule has 0 spiro atoms. The van der Waals surface area contributed by atoms with Gasteiger partial charge in [0.05, 0.1) is 12.2 Å². The molecule has 0 heterocycles. The lowest BCUT2D eigenvalue weighted by molar-refractivity contribution is -0.0954. The van der Waals surface area contributed by atoms with Crippen LogP contribution >= 0.6 is 0 Å². The summed E-state index contributed by atoms with van der Waals surface area (Å²) in [6, 6.07) is 0. The Kier molecular flexibility index (Phi) is 3.66. The number of rotatable bonds is 0. The SMILES string of the molecule is C[C@@]12CC[C@H]3[C@@H](CCC[C@H]4C[C@H](O)CC[C@]43C)[C@H]1CC[C@@H]2O. The molecule has 8 atom stereocenters. The van der Waals surface area contributed by atoms with Crippen LogP contribution in [0.15, 0.2) is 0 Å². The molecule has 0 aromatic carbocycles. The van der Waals surface area contributed by atoms with E-state index in [0.717, 1.165) is 42.9 Å². The summed E-state index contributed by atoms with van der Waals surface area (Å²) in [5, 5.41) is 20.7. The van der Waals surface area contributed by atoms with E-state index in [9.17, 15) is 10.2 Å². The van der Waals surface area contributed by atoms with Gasteiger partial charge in [-0.3, -0.25) is 0 Å². The van der Waals surface area contributed by atoms with Gasteiger partial charge in [-0.1, -0.05) is 20.3 Å². The van der Waals surface area contributed by atoms with Crippen molar-refractivity contribution in [2.75, 3.05) is 0 Å². The molecule has 0 saturated heterocycles. The minimum Gasteiger partial charge on any atom is -0.393 e. The Bertz CT molecular complexity index is 435. The summed E-state index contributed by atoms with van der Waals surface area (Å²) in [7, 11) is 0. The third-order valence-electron chi connectivity index (χ3n) is 8.83. The van der Waals surface area contributed by atoms with Crippen LogP contribution in [-0.2, 0) is 0 Å². The standard InChI is InChI=1S/C20H34O2/c1-19-10-8-14(21)12-13(19)4-3-5-15-16-6-7-18(22)20(16,2)11-9-17(15)19/h13-18,21-22H,3-12H2,1-2H3/t13-,14+,15-,16+,17-,18-,19+,20+/m0/s1. The minimum absolute atomic E-state index is 0.0446. The molecular weight excluding hydrogens is 272 g/mol. The number of fused-ring (bicyclic) bond motifs is 5. The van der Waals surface area contributed by atoms with Crippen molar-refractivity contribution in [1.29, 1.82) is 0 Å². The van der Waals surface area contributed by atoms with Crippen LogP contribution in [-0.4, -0.2) is 22.4 Å². The van der Waals surface area contributed by atoms with Crippen molar-refractivity contribution < 1.29 is 10.2 Å². The molecule has 0 bridgehead atoms. The van der Waals surface area contributed by atoms with E-state index in [4.69, 9.17) is 0 Å². The number of aliphatic hydroxyl groups excluding tert-OH is 2. The quantitative estimate of drug-likeness (QED) is 0.706. The van der Waals surface area contributed by atoms with Crippen LogP contribution in [0.4, 0.5) is 0 Å². The molecule has 2 N–H and O–H groups in total. The van der Waals surface area contributed by atoms with Crippen molar-refractivity contribution in [3.63, 3.8) is 0 Å². The maximum absolute atomic E-state index is 10.5. The van der Waals surface area contributed by atoms with E-state index in [1.807, 2.05) is 0 Å². The fraction of sp³-hybridized carbons (Fsp3) is 1.00. The van der Waals surface area contributed by atoms with Crippen molar-refractivity contribution in [2.45, 2.75) is 90.3 Å². The van der Waals surface area contributed by atoms with Crippen LogP contribution in [0.2, 0.25) is 0 Å². The summed E-state index contributed by atoms with van der Waals surface area (Å²) >= 11 is 0. The normalized spacial score (nSPS) is 58.4. The Morgan fingerprint density at radius 3 is 2.32 bits per heavy atom. The molecular formula is C20H34O2. The molecule has 0 unspecified atom stereocenters. The van der Waals surface area contributed by atoms with E-state index in [-0.39, 0.29) is 17.6 Å². The molecule has 4 rings (SSSR count). The molecule has 4 aliphatic rings. The lowest BCUT2D eigenvalue weighted by Gasteiger charge is -2.55. The second kappa shape index (κ2) is 5.21. The van der Waals surface area contributed by atoms with Gasteiger partial charge in [0.25, 0.3) is 0 Å². The molecule has 0 radical (unpaired) electrons. The largest absolute Gasteiger partial charge is 0.393 e. The zero-order valence-corrected chi connectivity index (χ0v) is 14.4. The number of hydrogen-bond acceptors (Lipinski definition) is 2. The van der Waals surface area contributed by atoms with Crippen molar-refractivity contribution in [1.82, 2.24) is 0 Å². The molecule has 2 nitrogen and oxygen atoms in total. The van der Waals surface area contributed by atoms with Crippen LogP contribution in [0.5, 0.6) is 0 Å². The van der Waals surface area contributed by atoms with Crippen molar-refractivity contribution in [3.05, 3.63) is 0 Å². The first-order valence-electron chi connectivity index (χ1n) is 9.81. The molecule has 0 aromatic heterocycles. The summed E-state index contributed by atoms with van der Waals surface area (Å²) in [4.78, 5) is 0. The third-order valence-corrected chi connectivity index (χ3v) is 8.83. The number of hydrogen-bond donors (Lipinski definition) is 2.